The highest BCUT2D eigenvalue weighted by molar-refractivity contribution is 4.78. The van der Waals surface area contributed by atoms with Crippen LogP contribution in [0, 0.1) is 5.92 Å². The molecule has 2 nitrogen and oxygen atoms in total. The van der Waals surface area contributed by atoms with E-state index in [4.69, 9.17) is 0 Å². The minimum Gasteiger partial charge on any atom is -0.314 e. The quantitative estimate of drug-likeness (QED) is 0.590. The first-order valence-electron chi connectivity index (χ1n) is 4.28. The lowest BCUT2D eigenvalue weighted by atomic mass is 9.98. The molecule has 1 fully saturated rings. The molecule has 0 aromatic carbocycles. The Hall–Kier alpha value is -0.0800. The fraction of sp³-hybridized carbons (Fsp3) is 1.00. The van der Waals surface area contributed by atoms with E-state index in [9.17, 15) is 0 Å². The van der Waals surface area contributed by atoms with Gasteiger partial charge in [-0.05, 0) is 5.92 Å². The number of piperazine rings is 1. The molecule has 0 spiro atoms. The number of rotatable bonds is 2. The molecule has 10 heavy (non-hydrogen) atoms. The molecule has 1 aliphatic rings. The Morgan fingerprint density at radius 3 is 2.80 bits per heavy atom. The van der Waals surface area contributed by atoms with E-state index in [0.29, 0.717) is 6.04 Å². The molecule has 1 saturated heterocycles. The minimum absolute atomic E-state index is 0.707. The molecule has 0 unspecified atom stereocenters. The van der Waals surface area contributed by atoms with Crippen molar-refractivity contribution >= 4 is 0 Å². The second-order valence-corrected chi connectivity index (χ2v) is 3.15. The Balaban J connectivity index is 2.24. The van der Waals surface area contributed by atoms with E-state index in [-0.39, 0.29) is 0 Å². The summed E-state index contributed by atoms with van der Waals surface area (Å²) in [6, 6.07) is 0.707. The van der Waals surface area contributed by atoms with Gasteiger partial charge in [-0.3, -0.25) is 0 Å². The van der Waals surface area contributed by atoms with Crippen molar-refractivity contribution in [2.45, 2.75) is 26.3 Å². The van der Waals surface area contributed by atoms with E-state index >= 15 is 0 Å². The van der Waals surface area contributed by atoms with Crippen molar-refractivity contribution in [1.29, 1.82) is 0 Å². The number of nitrogens with one attached hydrogen (secondary N) is 2. The third-order valence-electron chi connectivity index (χ3n) is 2.40. The summed E-state index contributed by atoms with van der Waals surface area (Å²) < 4.78 is 0. The molecule has 60 valence electrons. The van der Waals surface area contributed by atoms with Crippen LogP contribution in [-0.2, 0) is 0 Å². The predicted molar refractivity (Wildman–Crippen MR) is 44.1 cm³/mol. The van der Waals surface area contributed by atoms with E-state index in [2.05, 4.69) is 24.5 Å². The molecule has 0 aliphatic carbocycles. The Labute approximate surface area is 63.4 Å². The van der Waals surface area contributed by atoms with Crippen LogP contribution in [0.15, 0.2) is 0 Å². The summed E-state index contributed by atoms with van der Waals surface area (Å²) in [5, 5.41) is 6.89. The van der Waals surface area contributed by atoms with Gasteiger partial charge in [0.25, 0.3) is 0 Å². The lowest BCUT2D eigenvalue weighted by Gasteiger charge is -2.28. The zero-order valence-corrected chi connectivity index (χ0v) is 6.98. The van der Waals surface area contributed by atoms with Crippen LogP contribution < -0.4 is 10.6 Å². The molecule has 2 atom stereocenters. The van der Waals surface area contributed by atoms with Gasteiger partial charge in [0.05, 0.1) is 0 Å². The summed E-state index contributed by atoms with van der Waals surface area (Å²) in [4.78, 5) is 0. The molecule has 0 saturated carbocycles. The Bertz CT molecular complexity index is 87.3. The summed E-state index contributed by atoms with van der Waals surface area (Å²) >= 11 is 0. The highest BCUT2D eigenvalue weighted by atomic mass is 15.1. The highest BCUT2D eigenvalue weighted by Crippen LogP contribution is 2.07. The SMILES string of the molecule is CC[C@@H](C)[C@@H]1CNCCN1. The molecular formula is C8H18N2. The van der Waals surface area contributed by atoms with E-state index in [1.807, 2.05) is 0 Å². The molecule has 2 N–H and O–H groups in total. The average molecular weight is 142 g/mol. The van der Waals surface area contributed by atoms with Gasteiger partial charge in [-0.25, -0.2) is 0 Å². The largest absolute Gasteiger partial charge is 0.314 e. The lowest BCUT2D eigenvalue weighted by Crippen LogP contribution is -2.51. The van der Waals surface area contributed by atoms with Gasteiger partial charge < -0.3 is 10.6 Å². The lowest BCUT2D eigenvalue weighted by molar-refractivity contribution is 0.319. The minimum atomic E-state index is 0.707. The smallest absolute Gasteiger partial charge is 0.0218 e. The molecule has 0 bridgehead atoms. The fourth-order valence-corrected chi connectivity index (χ4v) is 1.36. The molecule has 1 aliphatic heterocycles. The highest BCUT2D eigenvalue weighted by Gasteiger charge is 2.16. The fourth-order valence-electron chi connectivity index (χ4n) is 1.36. The van der Waals surface area contributed by atoms with Crippen molar-refractivity contribution in [3.8, 4) is 0 Å². The molecule has 0 radical (unpaired) electrons. The normalized spacial score (nSPS) is 30.0. The molecule has 1 rings (SSSR count). The van der Waals surface area contributed by atoms with Gasteiger partial charge >= 0.3 is 0 Å². The number of hydrogen-bond acceptors (Lipinski definition) is 2. The molecule has 1 heterocycles. The molecule has 0 amide bonds. The van der Waals surface area contributed by atoms with Gasteiger partial charge in [0.15, 0.2) is 0 Å². The summed E-state index contributed by atoms with van der Waals surface area (Å²) in [5.41, 5.74) is 0. The zero-order valence-electron chi connectivity index (χ0n) is 6.98. The van der Waals surface area contributed by atoms with Crippen LogP contribution >= 0.6 is 0 Å². The topological polar surface area (TPSA) is 24.1 Å². The van der Waals surface area contributed by atoms with Crippen molar-refractivity contribution in [2.75, 3.05) is 19.6 Å². The summed E-state index contributed by atoms with van der Waals surface area (Å²) in [5.74, 6) is 0.813. The average Bonchev–Trinajstić information content (AvgIpc) is 2.05. The summed E-state index contributed by atoms with van der Waals surface area (Å²) in [6.45, 7) is 7.97. The van der Waals surface area contributed by atoms with Crippen LogP contribution in [0.1, 0.15) is 20.3 Å². The Morgan fingerprint density at radius 2 is 2.30 bits per heavy atom. The van der Waals surface area contributed by atoms with Crippen LogP contribution in [0.25, 0.3) is 0 Å². The van der Waals surface area contributed by atoms with E-state index in [0.717, 1.165) is 25.6 Å². The predicted octanol–water partition coefficient (Wildman–Crippen LogP) is 0.594. The van der Waals surface area contributed by atoms with Crippen LogP contribution in [-0.4, -0.2) is 25.7 Å². The van der Waals surface area contributed by atoms with Gasteiger partial charge in [-0.1, -0.05) is 20.3 Å². The summed E-state index contributed by atoms with van der Waals surface area (Å²) in [7, 11) is 0. The Morgan fingerprint density at radius 1 is 1.50 bits per heavy atom. The van der Waals surface area contributed by atoms with Gasteiger partial charge in [-0.15, -0.1) is 0 Å². The second kappa shape index (κ2) is 3.94. The monoisotopic (exact) mass is 142 g/mol. The van der Waals surface area contributed by atoms with Gasteiger partial charge in [0.2, 0.25) is 0 Å². The molecular weight excluding hydrogens is 124 g/mol. The van der Waals surface area contributed by atoms with Gasteiger partial charge in [0.1, 0.15) is 0 Å². The zero-order chi connectivity index (χ0) is 7.40. The van der Waals surface area contributed by atoms with E-state index in [1.54, 1.807) is 0 Å². The first kappa shape index (κ1) is 8.02. The molecule has 2 heteroatoms. The van der Waals surface area contributed by atoms with E-state index in [1.165, 1.54) is 6.42 Å². The third-order valence-corrected chi connectivity index (χ3v) is 2.40. The molecule has 0 aromatic rings. The van der Waals surface area contributed by atoms with Crippen LogP contribution in [0.5, 0.6) is 0 Å². The van der Waals surface area contributed by atoms with Crippen molar-refractivity contribution in [2.24, 2.45) is 5.92 Å². The summed E-state index contributed by atoms with van der Waals surface area (Å²) in [6.07, 6.45) is 1.28. The van der Waals surface area contributed by atoms with Gasteiger partial charge in [-0.2, -0.15) is 0 Å². The van der Waals surface area contributed by atoms with Crippen LogP contribution in [0.4, 0.5) is 0 Å². The second-order valence-electron chi connectivity index (χ2n) is 3.15. The number of hydrogen-bond donors (Lipinski definition) is 2. The van der Waals surface area contributed by atoms with Crippen LogP contribution in [0.3, 0.4) is 0 Å². The maximum Gasteiger partial charge on any atom is 0.0218 e. The van der Waals surface area contributed by atoms with Crippen molar-refractivity contribution < 1.29 is 0 Å². The van der Waals surface area contributed by atoms with E-state index < -0.39 is 0 Å². The maximum atomic E-state index is 3.51. The van der Waals surface area contributed by atoms with Gasteiger partial charge in [0, 0.05) is 25.7 Å². The first-order chi connectivity index (χ1) is 4.84. The molecule has 0 aromatic heterocycles. The van der Waals surface area contributed by atoms with Crippen molar-refractivity contribution in [1.82, 2.24) is 10.6 Å². The first-order valence-corrected chi connectivity index (χ1v) is 4.28. The Kier molecular flexibility index (Phi) is 3.16. The standard InChI is InChI=1S/C8H18N2/c1-3-7(2)8-6-9-4-5-10-8/h7-10H,3-6H2,1-2H3/t7-,8+/m1/s1. The third kappa shape index (κ3) is 1.96. The van der Waals surface area contributed by atoms with Crippen molar-refractivity contribution in [3.05, 3.63) is 0 Å². The maximum absolute atomic E-state index is 3.51. The van der Waals surface area contributed by atoms with Crippen LogP contribution in [0.2, 0.25) is 0 Å². The van der Waals surface area contributed by atoms with Crippen molar-refractivity contribution in [3.63, 3.8) is 0 Å².